The van der Waals surface area contributed by atoms with Crippen molar-refractivity contribution in [1.29, 1.82) is 10.5 Å². The van der Waals surface area contributed by atoms with E-state index in [1.165, 1.54) is 61.3 Å². The second-order valence-electron chi connectivity index (χ2n) is 7.14. The van der Waals surface area contributed by atoms with Gasteiger partial charge in [0.1, 0.15) is 0 Å². The van der Waals surface area contributed by atoms with E-state index in [-0.39, 0.29) is 175 Å². The van der Waals surface area contributed by atoms with E-state index < -0.39 is 0 Å². The van der Waals surface area contributed by atoms with Gasteiger partial charge in [-0.2, -0.15) is 28.9 Å². The summed E-state index contributed by atoms with van der Waals surface area (Å²) < 4.78 is 0. The summed E-state index contributed by atoms with van der Waals surface area (Å²) in [4.78, 5) is 0. The van der Waals surface area contributed by atoms with E-state index in [1.807, 2.05) is 0 Å². The summed E-state index contributed by atoms with van der Waals surface area (Å²) in [6, 6.07) is 21.2. The fraction of sp³-hybridized carbons (Fsp3) is 0.423. The van der Waals surface area contributed by atoms with Crippen LogP contribution < -0.4 is 10.6 Å². The second kappa shape index (κ2) is 35.0. The van der Waals surface area contributed by atoms with E-state index in [4.69, 9.17) is 15.8 Å². The Kier molecular flexibility index (Phi) is 51.0. The second-order valence-corrected chi connectivity index (χ2v) is 8.39. The van der Waals surface area contributed by atoms with Crippen LogP contribution >= 0.6 is 18.5 Å². The molecule has 0 aliphatic heterocycles. The molecule has 36 heavy (non-hydrogen) atoms. The van der Waals surface area contributed by atoms with Crippen LogP contribution in [-0.2, 0) is 30.0 Å². The minimum atomic E-state index is 0. The summed E-state index contributed by atoms with van der Waals surface area (Å²) in [5.41, 5.74) is 2.75. The number of benzene rings is 2. The molecule has 0 saturated heterocycles. The molecule has 4 atom stereocenters. The Labute approximate surface area is 356 Å². The van der Waals surface area contributed by atoms with Crippen molar-refractivity contribution in [2.45, 2.75) is 66.0 Å². The molecule has 1 aliphatic rings. The number of rotatable bonds is 6. The minimum Gasteiger partial charge on any atom is -0.658 e. The van der Waals surface area contributed by atoms with Gasteiger partial charge in [0, 0.05) is 165 Å². The fourth-order valence-electron chi connectivity index (χ4n) is 3.53. The van der Waals surface area contributed by atoms with Gasteiger partial charge in [-0.3, -0.25) is 0 Å². The molecule has 3 nitrogen and oxygen atoms in total. The Balaban J connectivity index is -0.000000172. The summed E-state index contributed by atoms with van der Waals surface area (Å²) in [5.74, 6) is 0.625. The molecule has 1 aliphatic carbocycles. The predicted molar refractivity (Wildman–Crippen MR) is 142 cm³/mol. The SMILES string of the molecule is C.CC#N.CC#N.Pc1ccccc1C[CH-]C1CCCCC1[N-]Cc1ccccc1P.[Ar].[Ar].[Ar].[Ar].[Fe+2]. The van der Waals surface area contributed by atoms with Gasteiger partial charge in [-0.25, -0.2) is 0 Å². The summed E-state index contributed by atoms with van der Waals surface area (Å²) in [5, 5.41) is 22.3. The van der Waals surface area contributed by atoms with Crippen molar-refractivity contribution >= 4 is 29.1 Å². The van der Waals surface area contributed by atoms with Crippen molar-refractivity contribution in [2.24, 2.45) is 5.92 Å². The molecule has 2 aromatic carbocycles. The topological polar surface area (TPSA) is 61.7 Å². The van der Waals surface area contributed by atoms with Gasteiger partial charge in [0.2, 0.25) is 0 Å². The van der Waals surface area contributed by atoms with Crippen LogP contribution in [0.1, 0.15) is 58.1 Å². The summed E-state index contributed by atoms with van der Waals surface area (Å²) in [6.45, 7) is 3.70. The first-order valence-electron chi connectivity index (χ1n) is 10.4. The maximum absolute atomic E-state index is 7.32. The molecule has 4 unspecified atom stereocenters. The Hall–Kier alpha value is 3.80. The van der Waals surface area contributed by atoms with Gasteiger partial charge in [-0.05, 0) is 10.6 Å². The fourth-order valence-corrected chi connectivity index (χ4v) is 4.16. The normalized spacial score (nSPS) is 14.4. The van der Waals surface area contributed by atoms with Crippen molar-refractivity contribution in [1.82, 2.24) is 0 Å². The summed E-state index contributed by atoms with van der Waals surface area (Å²) in [7, 11) is 5.68. The van der Waals surface area contributed by atoms with Crippen molar-refractivity contribution < 1.29 is 168 Å². The third-order valence-corrected chi connectivity index (χ3v) is 6.15. The molecule has 3 rings (SSSR count). The van der Waals surface area contributed by atoms with Crippen molar-refractivity contribution in [3.63, 3.8) is 0 Å². The average molecular weight is 669 g/mol. The van der Waals surface area contributed by atoms with Crippen LogP contribution in [0.4, 0.5) is 0 Å². The number of nitriles is 2. The molecule has 10 heteroatoms. The first-order chi connectivity index (χ1) is 14.6. The quantitative estimate of drug-likeness (QED) is 0.207. The van der Waals surface area contributed by atoms with E-state index in [1.54, 1.807) is 12.1 Å². The first-order valence-corrected chi connectivity index (χ1v) is 11.5. The molecule has 1 saturated carbocycles. The summed E-state index contributed by atoms with van der Waals surface area (Å²) in [6.07, 6.45) is 8.76. The van der Waals surface area contributed by atoms with Gasteiger partial charge in [-0.15, -0.1) is 25.0 Å². The zero-order valence-corrected chi connectivity index (χ0v) is 26.1. The molecular formula is C26H37Ar4FeN3P2. The van der Waals surface area contributed by atoms with Gasteiger partial charge >= 0.3 is 17.1 Å². The molecule has 2 aromatic rings. The molecule has 0 spiro atoms. The van der Waals surface area contributed by atoms with E-state index in [0.29, 0.717) is 12.0 Å². The van der Waals surface area contributed by atoms with E-state index >= 15 is 0 Å². The van der Waals surface area contributed by atoms with Crippen LogP contribution in [0.3, 0.4) is 0 Å². The summed E-state index contributed by atoms with van der Waals surface area (Å²) >= 11 is 0. The maximum atomic E-state index is 7.32. The predicted octanol–water partition coefficient (Wildman–Crippen LogP) is 6.26. The van der Waals surface area contributed by atoms with E-state index in [0.717, 1.165) is 13.0 Å². The van der Waals surface area contributed by atoms with E-state index in [9.17, 15) is 0 Å². The van der Waals surface area contributed by atoms with Crippen LogP contribution in [0.25, 0.3) is 5.32 Å². The van der Waals surface area contributed by atoms with E-state index in [2.05, 4.69) is 73.4 Å². The standard InChI is InChI=1S/C21H27NP2.2C2H3N.CH4.4Ar.Fe/c23-20-11-5-2-8-17(20)14-13-16-7-1-4-10-19(16)22-15-18-9-3-6-12-21(18)24;2*1-2-3;;;;;;/h2-3,5-6,8-9,11-13,16,19H,1,4,7,10,14-15,23-24H2;2*1H3;1H4;;;;;/q-2;;;;;;;;+2. The Morgan fingerprint density at radius 3 is 1.72 bits per heavy atom. The van der Waals surface area contributed by atoms with Gasteiger partial charge < -0.3 is 11.7 Å². The molecular weight excluding hydrogens is 632 g/mol. The Bertz CT molecular complexity index is 779. The van der Waals surface area contributed by atoms with Crippen LogP contribution in [0.5, 0.6) is 0 Å². The minimum absolute atomic E-state index is 0. The third-order valence-electron chi connectivity index (χ3n) is 5.03. The van der Waals surface area contributed by atoms with Crippen LogP contribution in [0, 0.1) is 186 Å². The third kappa shape index (κ3) is 23.4. The molecule has 206 valence electrons. The molecule has 0 N–H and O–H groups in total. The Morgan fingerprint density at radius 2 is 1.25 bits per heavy atom. The van der Waals surface area contributed by atoms with Crippen molar-refractivity contribution in [3.8, 4) is 12.1 Å². The maximum Gasteiger partial charge on any atom is 2.00 e. The Morgan fingerprint density at radius 1 is 0.833 bits per heavy atom. The van der Waals surface area contributed by atoms with Gasteiger partial charge in [-0.1, -0.05) is 92.8 Å². The molecule has 0 radical (unpaired) electrons. The van der Waals surface area contributed by atoms with Crippen molar-refractivity contribution in [3.05, 3.63) is 71.4 Å². The zero-order valence-electron chi connectivity index (χ0n) is 19.9. The molecule has 0 bridgehead atoms. The number of nitrogens with zero attached hydrogens (tertiary/aromatic N) is 3. The smallest absolute Gasteiger partial charge is 0.658 e. The first kappa shape index (κ1) is 52.4. The number of hydrogen-bond donors (Lipinski definition) is 0. The largest absolute Gasteiger partial charge is 2.00 e. The molecule has 0 aromatic heterocycles. The monoisotopic (exact) mass is 669 g/mol. The van der Waals surface area contributed by atoms with Gasteiger partial charge in [0.05, 0.1) is 12.1 Å². The zero-order chi connectivity index (χ0) is 22.2. The van der Waals surface area contributed by atoms with Crippen molar-refractivity contribution in [2.75, 3.05) is 0 Å². The van der Waals surface area contributed by atoms with Gasteiger partial charge in [0.15, 0.2) is 0 Å². The molecule has 0 heterocycles. The number of hydrogen-bond acceptors (Lipinski definition) is 2. The average Bonchev–Trinajstić information content (AvgIpc) is 2.74. The van der Waals surface area contributed by atoms with Crippen LogP contribution in [0.15, 0.2) is 48.5 Å². The molecule has 0 amide bonds. The van der Waals surface area contributed by atoms with Crippen LogP contribution in [0.2, 0.25) is 0 Å². The van der Waals surface area contributed by atoms with Crippen LogP contribution in [-0.4, -0.2) is 6.04 Å². The molecule has 1 fully saturated rings. The van der Waals surface area contributed by atoms with Gasteiger partial charge in [0.25, 0.3) is 0 Å².